The quantitative estimate of drug-likeness (QED) is 0.872. The van der Waals surface area contributed by atoms with Crippen LogP contribution in [-0.4, -0.2) is 29.6 Å². The van der Waals surface area contributed by atoms with Crippen molar-refractivity contribution in [2.75, 3.05) is 23.8 Å². The fourth-order valence-corrected chi connectivity index (χ4v) is 2.55. The predicted octanol–water partition coefficient (Wildman–Crippen LogP) is 2.60. The zero-order chi connectivity index (χ0) is 12.3. The summed E-state index contributed by atoms with van der Waals surface area (Å²) in [4.78, 5) is 11.4. The second-order valence-corrected chi connectivity index (χ2v) is 4.66. The van der Waals surface area contributed by atoms with Crippen LogP contribution in [0.4, 0.5) is 11.6 Å². The molecular formula is C13H22N4. The molecule has 2 heterocycles. The second kappa shape index (κ2) is 5.34. The van der Waals surface area contributed by atoms with Crippen LogP contribution in [0.15, 0.2) is 6.07 Å². The molecule has 1 aliphatic rings. The summed E-state index contributed by atoms with van der Waals surface area (Å²) in [6.07, 6.45) is 5.10. The van der Waals surface area contributed by atoms with E-state index in [2.05, 4.69) is 33.2 Å². The number of aromatic nitrogens is 2. The maximum atomic E-state index is 4.58. The van der Waals surface area contributed by atoms with Crippen molar-refractivity contribution < 1.29 is 0 Å². The van der Waals surface area contributed by atoms with Gasteiger partial charge in [-0.2, -0.15) is 0 Å². The van der Waals surface area contributed by atoms with Gasteiger partial charge in [0.25, 0.3) is 0 Å². The third-order valence-electron chi connectivity index (χ3n) is 3.47. The minimum absolute atomic E-state index is 0.641. The van der Waals surface area contributed by atoms with Gasteiger partial charge >= 0.3 is 0 Å². The Kier molecular flexibility index (Phi) is 3.82. The summed E-state index contributed by atoms with van der Waals surface area (Å²) >= 11 is 0. The Morgan fingerprint density at radius 3 is 2.94 bits per heavy atom. The van der Waals surface area contributed by atoms with E-state index in [0.717, 1.165) is 24.0 Å². The van der Waals surface area contributed by atoms with E-state index in [9.17, 15) is 0 Å². The fraction of sp³-hybridized carbons (Fsp3) is 0.692. The van der Waals surface area contributed by atoms with Gasteiger partial charge in [0.15, 0.2) is 0 Å². The molecule has 0 amide bonds. The number of piperidine rings is 1. The molecule has 1 saturated heterocycles. The first kappa shape index (κ1) is 12.1. The van der Waals surface area contributed by atoms with E-state index >= 15 is 0 Å². The fourth-order valence-electron chi connectivity index (χ4n) is 2.55. The van der Waals surface area contributed by atoms with Crippen LogP contribution < -0.4 is 10.2 Å². The molecule has 94 valence electrons. The van der Waals surface area contributed by atoms with Gasteiger partial charge in [0, 0.05) is 25.7 Å². The highest BCUT2D eigenvalue weighted by Crippen LogP contribution is 2.26. The van der Waals surface area contributed by atoms with Crippen LogP contribution >= 0.6 is 0 Å². The van der Waals surface area contributed by atoms with E-state index in [4.69, 9.17) is 0 Å². The maximum absolute atomic E-state index is 4.58. The van der Waals surface area contributed by atoms with Crippen molar-refractivity contribution in [2.24, 2.45) is 0 Å². The Labute approximate surface area is 103 Å². The number of hydrogen-bond acceptors (Lipinski definition) is 4. The minimum atomic E-state index is 0.641. The number of hydrogen-bond donors (Lipinski definition) is 1. The predicted molar refractivity (Wildman–Crippen MR) is 71.6 cm³/mol. The molecular weight excluding hydrogens is 212 g/mol. The van der Waals surface area contributed by atoms with Gasteiger partial charge in [0.2, 0.25) is 0 Å². The monoisotopic (exact) mass is 234 g/mol. The highest BCUT2D eigenvalue weighted by molar-refractivity contribution is 5.50. The summed E-state index contributed by atoms with van der Waals surface area (Å²) in [5.41, 5.74) is 0. The van der Waals surface area contributed by atoms with Gasteiger partial charge in [0.05, 0.1) is 0 Å². The van der Waals surface area contributed by atoms with Crippen LogP contribution in [0.2, 0.25) is 0 Å². The molecule has 4 heteroatoms. The summed E-state index contributed by atoms with van der Waals surface area (Å²) in [6, 6.07) is 2.70. The molecule has 0 spiro atoms. The molecule has 17 heavy (non-hydrogen) atoms. The average molecular weight is 234 g/mol. The molecule has 1 unspecified atom stereocenters. The SMILES string of the molecule is CCC1CCCCN1c1cc(NC)nc(C)n1. The largest absolute Gasteiger partial charge is 0.373 e. The topological polar surface area (TPSA) is 41.0 Å². The molecule has 0 aliphatic carbocycles. The van der Waals surface area contributed by atoms with Gasteiger partial charge in [-0.3, -0.25) is 0 Å². The van der Waals surface area contributed by atoms with Crippen LogP contribution in [0.25, 0.3) is 0 Å². The van der Waals surface area contributed by atoms with E-state index < -0.39 is 0 Å². The van der Waals surface area contributed by atoms with Gasteiger partial charge in [-0.05, 0) is 32.6 Å². The van der Waals surface area contributed by atoms with Gasteiger partial charge in [-0.1, -0.05) is 6.92 Å². The summed E-state index contributed by atoms with van der Waals surface area (Å²) in [5.74, 6) is 2.83. The number of nitrogens with one attached hydrogen (secondary N) is 1. The summed E-state index contributed by atoms with van der Waals surface area (Å²) in [7, 11) is 1.90. The van der Waals surface area contributed by atoms with E-state index in [1.54, 1.807) is 0 Å². The second-order valence-electron chi connectivity index (χ2n) is 4.66. The lowest BCUT2D eigenvalue weighted by Gasteiger charge is -2.36. The Balaban J connectivity index is 2.27. The Morgan fingerprint density at radius 2 is 2.24 bits per heavy atom. The Bertz CT molecular complexity index is 378. The number of rotatable bonds is 3. The highest BCUT2D eigenvalue weighted by atomic mass is 15.2. The molecule has 1 N–H and O–H groups in total. The molecule has 1 atom stereocenters. The maximum Gasteiger partial charge on any atom is 0.134 e. The van der Waals surface area contributed by atoms with Gasteiger partial charge in [0.1, 0.15) is 17.5 Å². The molecule has 0 bridgehead atoms. The zero-order valence-electron chi connectivity index (χ0n) is 11.0. The van der Waals surface area contributed by atoms with E-state index in [1.807, 2.05) is 14.0 Å². The molecule has 0 radical (unpaired) electrons. The molecule has 1 aliphatic heterocycles. The van der Waals surface area contributed by atoms with Crippen molar-refractivity contribution in [3.05, 3.63) is 11.9 Å². The van der Waals surface area contributed by atoms with E-state index in [-0.39, 0.29) is 0 Å². The Hall–Kier alpha value is -1.32. The molecule has 1 aromatic rings. The van der Waals surface area contributed by atoms with E-state index in [0.29, 0.717) is 6.04 Å². The van der Waals surface area contributed by atoms with Crippen molar-refractivity contribution >= 4 is 11.6 Å². The van der Waals surface area contributed by atoms with Crippen molar-refractivity contribution in [1.29, 1.82) is 0 Å². The van der Waals surface area contributed by atoms with Crippen LogP contribution in [-0.2, 0) is 0 Å². The van der Waals surface area contributed by atoms with Crippen LogP contribution in [0.1, 0.15) is 38.4 Å². The zero-order valence-corrected chi connectivity index (χ0v) is 11.0. The third kappa shape index (κ3) is 2.68. The molecule has 0 saturated carbocycles. The number of anilines is 2. The van der Waals surface area contributed by atoms with Crippen molar-refractivity contribution in [3.8, 4) is 0 Å². The lowest BCUT2D eigenvalue weighted by molar-refractivity contribution is 0.446. The molecule has 1 fully saturated rings. The van der Waals surface area contributed by atoms with Crippen LogP contribution in [0, 0.1) is 6.92 Å². The smallest absolute Gasteiger partial charge is 0.134 e. The first-order valence-corrected chi connectivity index (χ1v) is 6.54. The Morgan fingerprint density at radius 1 is 1.41 bits per heavy atom. The third-order valence-corrected chi connectivity index (χ3v) is 3.47. The standard InChI is InChI=1S/C13H22N4/c1-4-11-7-5-6-8-17(11)13-9-12(14-3)15-10(2)16-13/h9,11H,4-8H2,1-3H3,(H,14,15,16). The molecule has 1 aromatic heterocycles. The van der Waals surface area contributed by atoms with Crippen molar-refractivity contribution in [2.45, 2.75) is 45.6 Å². The minimum Gasteiger partial charge on any atom is -0.373 e. The van der Waals surface area contributed by atoms with Gasteiger partial charge in [-0.15, -0.1) is 0 Å². The molecule has 2 rings (SSSR count). The van der Waals surface area contributed by atoms with Crippen molar-refractivity contribution in [1.82, 2.24) is 9.97 Å². The highest BCUT2D eigenvalue weighted by Gasteiger charge is 2.22. The van der Waals surface area contributed by atoms with Gasteiger partial charge in [-0.25, -0.2) is 9.97 Å². The normalized spacial score (nSPS) is 20.4. The molecule has 4 nitrogen and oxygen atoms in total. The summed E-state index contributed by atoms with van der Waals surface area (Å²) < 4.78 is 0. The average Bonchev–Trinajstić information content (AvgIpc) is 2.37. The van der Waals surface area contributed by atoms with E-state index in [1.165, 1.54) is 25.7 Å². The summed E-state index contributed by atoms with van der Waals surface area (Å²) in [5, 5.41) is 3.10. The lowest BCUT2D eigenvalue weighted by Crippen LogP contribution is -2.39. The molecule has 0 aromatic carbocycles. The lowest BCUT2D eigenvalue weighted by atomic mass is 10.00. The first-order valence-electron chi connectivity index (χ1n) is 6.54. The number of aryl methyl sites for hydroxylation is 1. The van der Waals surface area contributed by atoms with Gasteiger partial charge < -0.3 is 10.2 Å². The number of nitrogens with zero attached hydrogens (tertiary/aromatic N) is 3. The first-order chi connectivity index (χ1) is 8.24. The van der Waals surface area contributed by atoms with Crippen LogP contribution in [0.5, 0.6) is 0 Å². The summed E-state index contributed by atoms with van der Waals surface area (Å²) in [6.45, 7) is 5.34. The van der Waals surface area contributed by atoms with Crippen LogP contribution in [0.3, 0.4) is 0 Å². The van der Waals surface area contributed by atoms with Crippen molar-refractivity contribution in [3.63, 3.8) is 0 Å².